The van der Waals surface area contributed by atoms with Gasteiger partial charge in [0, 0.05) is 11.1 Å². The quantitative estimate of drug-likeness (QED) is 0.238. The zero-order valence-electron chi connectivity index (χ0n) is 20.1. The van der Waals surface area contributed by atoms with E-state index in [-0.39, 0.29) is 17.2 Å². The monoisotopic (exact) mass is 475 g/mol. The Labute approximate surface area is 202 Å². The second kappa shape index (κ2) is 10.2. The lowest BCUT2D eigenvalue weighted by Crippen LogP contribution is -2.06. The first-order valence-corrected chi connectivity index (χ1v) is 10.7. The van der Waals surface area contributed by atoms with Gasteiger partial charge in [0.25, 0.3) is 0 Å². The van der Waals surface area contributed by atoms with Crippen LogP contribution in [0, 0.1) is 0 Å². The molecule has 0 aliphatic rings. The molecular weight excluding hydrogens is 450 g/mol. The lowest BCUT2D eigenvalue weighted by Gasteiger charge is -2.14. The van der Waals surface area contributed by atoms with Crippen molar-refractivity contribution in [2.45, 2.75) is 0 Å². The number of rotatable bonds is 9. The number of aromatic nitrogens is 1. The number of Topliss-reactive ketones (excluding diaryl/α,β-unsaturated/α-hetero) is 1. The third-order valence-electron chi connectivity index (χ3n) is 5.43. The van der Waals surface area contributed by atoms with E-state index in [1.54, 1.807) is 56.7 Å². The molecule has 0 N–H and O–H groups in total. The molecule has 8 nitrogen and oxygen atoms in total. The molecule has 1 heterocycles. The summed E-state index contributed by atoms with van der Waals surface area (Å²) >= 11 is 0. The Morgan fingerprint density at radius 1 is 0.800 bits per heavy atom. The molecule has 1 aromatic heterocycles. The van der Waals surface area contributed by atoms with Crippen molar-refractivity contribution in [2.24, 2.45) is 0 Å². The second-order valence-electron chi connectivity index (χ2n) is 7.40. The van der Waals surface area contributed by atoms with E-state index < -0.39 is 0 Å². The molecule has 0 aliphatic heterocycles. The summed E-state index contributed by atoms with van der Waals surface area (Å²) in [5, 5.41) is 0. The summed E-state index contributed by atoms with van der Waals surface area (Å²) < 4.78 is 33.1. The summed E-state index contributed by atoms with van der Waals surface area (Å²) in [6.07, 6.45) is 1.66. The van der Waals surface area contributed by atoms with E-state index in [1.807, 2.05) is 18.2 Å². The number of oxazole rings is 1. The maximum Gasteiger partial charge on any atom is 0.231 e. The van der Waals surface area contributed by atoms with Crippen LogP contribution in [-0.4, -0.2) is 46.3 Å². The van der Waals surface area contributed by atoms with E-state index >= 15 is 0 Å². The number of benzene rings is 3. The van der Waals surface area contributed by atoms with Gasteiger partial charge in [-0.2, -0.15) is 0 Å². The van der Waals surface area contributed by atoms with Gasteiger partial charge in [-0.1, -0.05) is 12.1 Å². The summed E-state index contributed by atoms with van der Waals surface area (Å²) in [6, 6.07) is 15.8. The Bertz CT molecular complexity index is 1350. The number of carbonyl (C=O) groups is 1. The van der Waals surface area contributed by atoms with Crippen LogP contribution in [0.1, 0.15) is 21.8 Å². The zero-order chi connectivity index (χ0) is 24.9. The molecule has 0 spiro atoms. The fraction of sp³-hybridized carbons (Fsp3) is 0.185. The summed E-state index contributed by atoms with van der Waals surface area (Å²) in [5.41, 5.74) is 2.31. The van der Waals surface area contributed by atoms with Crippen LogP contribution in [-0.2, 0) is 0 Å². The van der Waals surface area contributed by atoms with Crippen molar-refractivity contribution in [1.29, 1.82) is 0 Å². The summed E-state index contributed by atoms with van der Waals surface area (Å²) in [6.45, 7) is 0. The largest absolute Gasteiger partial charge is 0.497 e. The highest BCUT2D eigenvalue weighted by molar-refractivity contribution is 6.32. The highest BCUT2D eigenvalue weighted by atomic mass is 16.5. The minimum absolute atomic E-state index is 0.162. The van der Waals surface area contributed by atoms with E-state index in [9.17, 15) is 4.79 Å². The fourth-order valence-corrected chi connectivity index (χ4v) is 3.69. The van der Waals surface area contributed by atoms with Crippen LogP contribution in [0.3, 0.4) is 0 Å². The van der Waals surface area contributed by atoms with Crippen LogP contribution in [0.25, 0.3) is 22.7 Å². The van der Waals surface area contributed by atoms with Crippen LogP contribution in [0.2, 0.25) is 0 Å². The standard InChI is InChI=1S/C27H25NO7/c1-30-18-10-11-21(31-2)16(12-18)13-19(27-28-20-8-6-7-9-22(20)35-27)25(29)17-14-23(32-3)26(34-5)24(15-17)33-4/h6-15H,1-5H3/b19-13-. The molecule has 0 bridgehead atoms. The van der Waals surface area contributed by atoms with Crippen LogP contribution in [0.15, 0.2) is 59.0 Å². The van der Waals surface area contributed by atoms with E-state index in [0.29, 0.717) is 51.0 Å². The third-order valence-corrected chi connectivity index (χ3v) is 5.43. The Balaban J connectivity index is 1.94. The number of ketones is 1. The number of carbonyl (C=O) groups excluding carboxylic acids is 1. The molecule has 0 atom stereocenters. The van der Waals surface area contributed by atoms with Gasteiger partial charge < -0.3 is 28.1 Å². The van der Waals surface area contributed by atoms with E-state index in [2.05, 4.69) is 4.98 Å². The molecule has 0 aliphatic carbocycles. The predicted octanol–water partition coefficient (Wildman–Crippen LogP) is 5.29. The Morgan fingerprint density at radius 2 is 1.49 bits per heavy atom. The van der Waals surface area contributed by atoms with Gasteiger partial charge >= 0.3 is 0 Å². The van der Waals surface area contributed by atoms with Crippen LogP contribution in [0.5, 0.6) is 28.7 Å². The van der Waals surface area contributed by atoms with Gasteiger partial charge in [0.05, 0.1) is 41.1 Å². The lowest BCUT2D eigenvalue weighted by molar-refractivity contribution is 0.105. The molecule has 0 radical (unpaired) electrons. The maximum atomic E-state index is 13.9. The van der Waals surface area contributed by atoms with Crippen LogP contribution >= 0.6 is 0 Å². The summed E-state index contributed by atoms with van der Waals surface area (Å²) in [7, 11) is 7.60. The number of allylic oxidation sites excluding steroid dienone is 1. The Kier molecular flexibility index (Phi) is 6.91. The average molecular weight is 475 g/mol. The van der Waals surface area contributed by atoms with Gasteiger partial charge in [-0.05, 0) is 48.5 Å². The SMILES string of the molecule is COc1ccc(OC)c(/C=C(/C(=O)c2cc(OC)c(OC)c(OC)c2)c2nc3ccccc3o2)c1. The van der Waals surface area contributed by atoms with Crippen LogP contribution < -0.4 is 23.7 Å². The molecule has 0 fully saturated rings. The van der Waals surface area contributed by atoms with E-state index in [4.69, 9.17) is 28.1 Å². The third kappa shape index (κ3) is 4.63. The highest BCUT2D eigenvalue weighted by Gasteiger charge is 2.24. The van der Waals surface area contributed by atoms with Crippen molar-refractivity contribution in [3.63, 3.8) is 0 Å². The van der Waals surface area contributed by atoms with Gasteiger partial charge in [-0.25, -0.2) is 4.98 Å². The molecule has 4 rings (SSSR count). The molecule has 0 amide bonds. The first-order chi connectivity index (χ1) is 17.0. The lowest BCUT2D eigenvalue weighted by atomic mass is 9.99. The topological polar surface area (TPSA) is 89.3 Å². The summed E-state index contributed by atoms with van der Waals surface area (Å²) in [5.74, 6) is 2.05. The number of para-hydroxylation sites is 2. The minimum atomic E-state index is -0.360. The number of nitrogens with zero attached hydrogens (tertiary/aromatic N) is 1. The normalized spacial score (nSPS) is 11.3. The molecule has 180 valence electrons. The molecular formula is C27H25NO7. The minimum Gasteiger partial charge on any atom is -0.497 e. The number of hydrogen-bond donors (Lipinski definition) is 0. The number of hydrogen-bond acceptors (Lipinski definition) is 8. The van der Waals surface area contributed by atoms with Gasteiger partial charge in [0.15, 0.2) is 22.9 Å². The summed E-state index contributed by atoms with van der Waals surface area (Å²) in [4.78, 5) is 18.5. The molecule has 4 aromatic rings. The van der Waals surface area contributed by atoms with Crippen LogP contribution in [0.4, 0.5) is 0 Å². The van der Waals surface area contributed by atoms with E-state index in [0.717, 1.165) is 0 Å². The smallest absolute Gasteiger partial charge is 0.231 e. The Hall–Kier alpha value is -4.46. The van der Waals surface area contributed by atoms with Crippen molar-refractivity contribution in [2.75, 3.05) is 35.5 Å². The van der Waals surface area contributed by atoms with Gasteiger partial charge in [0.1, 0.15) is 17.0 Å². The van der Waals surface area contributed by atoms with Gasteiger partial charge in [0.2, 0.25) is 11.6 Å². The van der Waals surface area contributed by atoms with Crippen molar-refractivity contribution in [3.8, 4) is 28.7 Å². The molecule has 0 saturated carbocycles. The van der Waals surface area contributed by atoms with E-state index in [1.165, 1.54) is 21.3 Å². The molecule has 8 heteroatoms. The molecule has 0 saturated heterocycles. The Morgan fingerprint density at radius 3 is 2.09 bits per heavy atom. The van der Waals surface area contributed by atoms with Crippen molar-refractivity contribution < 1.29 is 32.9 Å². The first kappa shape index (κ1) is 23.7. The average Bonchev–Trinajstić information content (AvgIpc) is 3.34. The van der Waals surface area contributed by atoms with Crippen molar-refractivity contribution in [3.05, 3.63) is 71.6 Å². The maximum absolute atomic E-state index is 13.9. The molecule has 0 unspecified atom stereocenters. The van der Waals surface area contributed by atoms with Crippen molar-refractivity contribution >= 4 is 28.5 Å². The molecule has 3 aromatic carbocycles. The highest BCUT2D eigenvalue weighted by Crippen LogP contribution is 2.40. The van der Waals surface area contributed by atoms with Gasteiger partial charge in [-0.3, -0.25) is 4.79 Å². The molecule has 35 heavy (non-hydrogen) atoms. The zero-order valence-corrected chi connectivity index (χ0v) is 20.1. The first-order valence-electron chi connectivity index (χ1n) is 10.7. The van der Waals surface area contributed by atoms with Gasteiger partial charge in [-0.15, -0.1) is 0 Å². The number of methoxy groups -OCH3 is 5. The predicted molar refractivity (Wildman–Crippen MR) is 132 cm³/mol. The number of ether oxygens (including phenoxy) is 5. The second-order valence-corrected chi connectivity index (χ2v) is 7.40. The van der Waals surface area contributed by atoms with Crippen molar-refractivity contribution in [1.82, 2.24) is 4.98 Å². The fourth-order valence-electron chi connectivity index (χ4n) is 3.69. The number of fused-ring (bicyclic) bond motifs is 1.